The van der Waals surface area contributed by atoms with Crippen molar-refractivity contribution in [3.8, 4) is 0 Å². The van der Waals surface area contributed by atoms with Crippen LogP contribution in [0.2, 0.25) is 0 Å². The first-order valence-corrected chi connectivity index (χ1v) is 10.6. The molecule has 0 saturated carbocycles. The fourth-order valence-electron chi connectivity index (χ4n) is 4.02. The van der Waals surface area contributed by atoms with Crippen molar-refractivity contribution < 1.29 is 27.3 Å². The van der Waals surface area contributed by atoms with Crippen LogP contribution in [0.3, 0.4) is 0 Å². The summed E-state index contributed by atoms with van der Waals surface area (Å²) in [6, 6.07) is 12.6. The van der Waals surface area contributed by atoms with E-state index in [0.717, 1.165) is 48.1 Å². The number of alkyl halides is 3. The Bertz CT molecular complexity index is 882. The summed E-state index contributed by atoms with van der Waals surface area (Å²) < 4.78 is 52.5. The van der Waals surface area contributed by atoms with Gasteiger partial charge in [0.1, 0.15) is 4.75 Å². The molecule has 0 atom stereocenters. The topological polar surface area (TPSA) is 49.8 Å². The highest BCUT2D eigenvalue weighted by atomic mass is 32.2. The van der Waals surface area contributed by atoms with E-state index in [0.29, 0.717) is 31.9 Å². The molecule has 1 N–H and O–H groups in total. The Morgan fingerprint density at radius 3 is 2.10 bits per heavy atom. The van der Waals surface area contributed by atoms with Crippen molar-refractivity contribution in [2.24, 2.45) is 0 Å². The molecule has 8 heteroatoms. The van der Waals surface area contributed by atoms with Crippen molar-refractivity contribution in [3.05, 3.63) is 70.8 Å². The average molecular weight is 437 g/mol. The smallest absolute Gasteiger partial charge is 0.377 e. The van der Waals surface area contributed by atoms with Crippen LogP contribution in [0.4, 0.5) is 13.2 Å². The second-order valence-electron chi connectivity index (χ2n) is 7.84. The predicted molar refractivity (Wildman–Crippen MR) is 108 cm³/mol. The van der Waals surface area contributed by atoms with Gasteiger partial charge in [0.25, 0.3) is 5.91 Å². The molecule has 2 fully saturated rings. The van der Waals surface area contributed by atoms with Crippen LogP contribution in [0.15, 0.2) is 48.5 Å². The first-order chi connectivity index (χ1) is 14.3. The first kappa shape index (κ1) is 21.2. The van der Waals surface area contributed by atoms with E-state index in [4.69, 9.17) is 4.74 Å². The summed E-state index contributed by atoms with van der Waals surface area (Å²) in [6.45, 7) is 2.02. The van der Waals surface area contributed by atoms with Crippen LogP contribution in [-0.2, 0) is 15.7 Å². The molecule has 0 radical (unpaired) electrons. The number of piperidine rings is 1. The Labute approximate surface area is 177 Å². The number of halogens is 3. The van der Waals surface area contributed by atoms with Crippen LogP contribution >= 0.6 is 12.0 Å². The molecular weight excluding hydrogens is 415 g/mol. The Morgan fingerprint density at radius 1 is 1.03 bits per heavy atom. The first-order valence-electron chi connectivity index (χ1n) is 9.80. The summed E-state index contributed by atoms with van der Waals surface area (Å²) in [5, 5.41) is 0. The highest BCUT2D eigenvalue weighted by Crippen LogP contribution is 2.41. The molecule has 2 aromatic carbocycles. The van der Waals surface area contributed by atoms with Gasteiger partial charge in [0.15, 0.2) is 0 Å². The Balaban J connectivity index is 1.36. The summed E-state index contributed by atoms with van der Waals surface area (Å²) in [5.74, 6) is 0.0988. The van der Waals surface area contributed by atoms with E-state index >= 15 is 0 Å². The summed E-state index contributed by atoms with van der Waals surface area (Å²) in [6.07, 6.45) is -2.89. The number of benzene rings is 2. The molecule has 4 rings (SSSR count). The van der Waals surface area contributed by atoms with E-state index in [1.807, 2.05) is 12.1 Å². The Kier molecular flexibility index (Phi) is 5.83. The van der Waals surface area contributed by atoms with E-state index in [2.05, 4.69) is 0 Å². The lowest BCUT2D eigenvalue weighted by molar-refractivity contribution is -0.137. The van der Waals surface area contributed by atoms with E-state index in [9.17, 15) is 22.5 Å². The van der Waals surface area contributed by atoms with Gasteiger partial charge in [-0.15, -0.1) is 0 Å². The molecule has 2 heterocycles. The van der Waals surface area contributed by atoms with Crippen molar-refractivity contribution in [1.82, 2.24) is 4.90 Å². The standard InChI is InChI=1S/C22H22F3NO3S/c23-22(24,25)19-7-1-15(2-8-19)16-9-11-26(12-10-16)20(27)17-3-5-18(6-4-17)21(30-28)13-29-14-21/h1-8,16,28H,9-14H2. The number of likely N-dealkylation sites (tertiary alicyclic amines) is 1. The molecule has 2 aliphatic heterocycles. The lowest BCUT2D eigenvalue weighted by Crippen LogP contribution is -2.43. The molecule has 30 heavy (non-hydrogen) atoms. The SMILES string of the molecule is O=C(c1ccc(C2(SO)COC2)cc1)N1CCC(c2ccc(C(F)(F)F)cc2)CC1. The van der Waals surface area contributed by atoms with Crippen LogP contribution < -0.4 is 0 Å². The third kappa shape index (κ3) is 4.08. The molecule has 2 aromatic rings. The normalized spacial score (nSPS) is 19.4. The molecule has 0 aromatic heterocycles. The van der Waals surface area contributed by atoms with Crippen molar-refractivity contribution >= 4 is 17.9 Å². The van der Waals surface area contributed by atoms with Crippen LogP contribution in [0.1, 0.15) is 45.8 Å². The maximum absolute atomic E-state index is 12.8. The Morgan fingerprint density at radius 2 is 1.63 bits per heavy atom. The van der Waals surface area contributed by atoms with Gasteiger partial charge in [0, 0.05) is 30.7 Å². The number of amides is 1. The summed E-state index contributed by atoms with van der Waals surface area (Å²) in [7, 11) is 0. The van der Waals surface area contributed by atoms with Crippen molar-refractivity contribution in [1.29, 1.82) is 0 Å². The monoisotopic (exact) mass is 437 g/mol. The molecule has 160 valence electrons. The average Bonchev–Trinajstić information content (AvgIpc) is 2.73. The maximum Gasteiger partial charge on any atom is 0.416 e. The molecular formula is C22H22F3NO3S. The highest BCUT2D eigenvalue weighted by Gasteiger charge is 2.41. The van der Waals surface area contributed by atoms with Crippen LogP contribution in [0, 0.1) is 0 Å². The summed E-state index contributed by atoms with van der Waals surface area (Å²) in [4.78, 5) is 14.6. The van der Waals surface area contributed by atoms with Crippen LogP contribution in [0.5, 0.6) is 0 Å². The number of carbonyl (C=O) groups excluding carboxylic acids is 1. The van der Waals surface area contributed by atoms with E-state index in [1.54, 1.807) is 29.2 Å². The van der Waals surface area contributed by atoms with Crippen molar-refractivity contribution in [2.75, 3.05) is 26.3 Å². The third-order valence-corrected chi connectivity index (χ3v) is 6.82. The minimum Gasteiger partial charge on any atom is -0.377 e. The van der Waals surface area contributed by atoms with E-state index in [1.165, 1.54) is 0 Å². The van der Waals surface area contributed by atoms with Crippen molar-refractivity contribution in [3.63, 3.8) is 0 Å². The highest BCUT2D eigenvalue weighted by molar-refractivity contribution is 7.94. The maximum atomic E-state index is 12.8. The van der Waals surface area contributed by atoms with Crippen LogP contribution in [0.25, 0.3) is 0 Å². The summed E-state index contributed by atoms with van der Waals surface area (Å²) in [5.41, 5.74) is 1.76. The quantitative estimate of drug-likeness (QED) is 0.672. The van der Waals surface area contributed by atoms with Gasteiger partial charge < -0.3 is 14.2 Å². The number of carbonyl (C=O) groups is 1. The molecule has 1 amide bonds. The largest absolute Gasteiger partial charge is 0.416 e. The second kappa shape index (κ2) is 8.24. The number of rotatable bonds is 4. The number of hydrogen-bond acceptors (Lipinski definition) is 4. The lowest BCUT2D eigenvalue weighted by atomic mass is 9.88. The number of ether oxygens (including phenoxy) is 1. The molecule has 2 saturated heterocycles. The number of hydrogen-bond donors (Lipinski definition) is 1. The van der Waals surface area contributed by atoms with Gasteiger partial charge >= 0.3 is 6.18 Å². The van der Waals surface area contributed by atoms with Crippen molar-refractivity contribution in [2.45, 2.75) is 29.7 Å². The molecule has 0 unspecified atom stereocenters. The molecule has 0 bridgehead atoms. The molecule has 4 nitrogen and oxygen atoms in total. The molecule has 0 spiro atoms. The minimum absolute atomic E-state index is 0.0528. The lowest BCUT2D eigenvalue weighted by Gasteiger charge is -2.38. The van der Waals surface area contributed by atoms with Gasteiger partial charge in [-0.1, -0.05) is 24.3 Å². The zero-order valence-corrected chi connectivity index (χ0v) is 17.0. The molecule has 2 aliphatic rings. The molecule has 0 aliphatic carbocycles. The zero-order valence-electron chi connectivity index (χ0n) is 16.2. The van der Waals surface area contributed by atoms with Gasteiger partial charge in [0.2, 0.25) is 0 Å². The van der Waals surface area contributed by atoms with Gasteiger partial charge in [-0.25, -0.2) is 0 Å². The van der Waals surface area contributed by atoms with E-state index < -0.39 is 16.5 Å². The third-order valence-electron chi connectivity index (χ3n) is 5.99. The number of nitrogens with zero attached hydrogens (tertiary/aromatic N) is 1. The predicted octanol–water partition coefficient (Wildman–Crippen LogP) is 5.16. The van der Waals surface area contributed by atoms with Gasteiger partial charge in [0.05, 0.1) is 18.8 Å². The van der Waals surface area contributed by atoms with E-state index in [-0.39, 0.29) is 11.8 Å². The second-order valence-corrected chi connectivity index (χ2v) is 8.81. The fourth-order valence-corrected chi connectivity index (χ4v) is 4.53. The summed E-state index contributed by atoms with van der Waals surface area (Å²) >= 11 is 0.772. The van der Waals surface area contributed by atoms with Gasteiger partial charge in [-0.2, -0.15) is 13.2 Å². The minimum atomic E-state index is -4.33. The zero-order chi connectivity index (χ0) is 21.4. The fraction of sp³-hybridized carbons (Fsp3) is 0.409. The van der Waals surface area contributed by atoms with Gasteiger partial charge in [-0.05, 0) is 54.2 Å². The van der Waals surface area contributed by atoms with Gasteiger partial charge in [-0.3, -0.25) is 4.79 Å². The van der Waals surface area contributed by atoms with Crippen LogP contribution in [-0.4, -0.2) is 41.7 Å². The Hall–Kier alpha value is -2.03.